The van der Waals surface area contributed by atoms with E-state index in [2.05, 4.69) is 41.8 Å². The highest BCUT2D eigenvalue weighted by atomic mass is 127. The zero-order valence-corrected chi connectivity index (χ0v) is 13.8. The average molecular weight is 373 g/mol. The van der Waals surface area contributed by atoms with E-state index in [0.717, 1.165) is 27.5 Å². The van der Waals surface area contributed by atoms with Crippen molar-refractivity contribution in [2.45, 2.75) is 45.3 Å². The van der Waals surface area contributed by atoms with Crippen LogP contribution in [0.25, 0.3) is 0 Å². The Morgan fingerprint density at radius 3 is 2.89 bits per heavy atom. The first kappa shape index (κ1) is 14.8. The fraction of sp³-hybridized carbons (Fsp3) is 0.533. The molecule has 1 aliphatic heterocycles. The Kier molecular flexibility index (Phi) is 4.50. The minimum absolute atomic E-state index is 0.0239. The number of halogens is 1. The number of rotatable bonds is 2. The standard InChI is InChI=1S/C15H20INO2/c1-10-5-4-6-12(13(10)16)14(18)17-11-7-8-19-15(2,3)9-11/h4-6,11H,7-9H2,1-3H3,(H,17,18). The van der Waals surface area contributed by atoms with Crippen molar-refractivity contribution >= 4 is 28.5 Å². The van der Waals surface area contributed by atoms with Crippen LogP contribution >= 0.6 is 22.6 Å². The van der Waals surface area contributed by atoms with Gasteiger partial charge in [-0.25, -0.2) is 0 Å². The molecule has 1 atom stereocenters. The topological polar surface area (TPSA) is 38.3 Å². The van der Waals surface area contributed by atoms with Crippen LogP contribution in [0.3, 0.4) is 0 Å². The second-order valence-electron chi connectivity index (χ2n) is 5.71. The summed E-state index contributed by atoms with van der Waals surface area (Å²) in [5.74, 6) is 0.0239. The average Bonchev–Trinajstić information content (AvgIpc) is 2.31. The monoisotopic (exact) mass is 373 g/mol. The van der Waals surface area contributed by atoms with Crippen LogP contribution in [-0.2, 0) is 4.74 Å². The van der Waals surface area contributed by atoms with Crippen molar-refractivity contribution < 1.29 is 9.53 Å². The van der Waals surface area contributed by atoms with E-state index in [1.165, 1.54) is 0 Å². The third kappa shape index (κ3) is 3.69. The molecule has 1 aromatic rings. The lowest BCUT2D eigenvalue weighted by atomic mass is 9.93. The van der Waals surface area contributed by atoms with Gasteiger partial charge < -0.3 is 10.1 Å². The van der Waals surface area contributed by atoms with E-state index in [1.807, 2.05) is 25.1 Å². The SMILES string of the molecule is Cc1cccc(C(=O)NC2CCOC(C)(C)C2)c1I. The Morgan fingerprint density at radius 1 is 1.47 bits per heavy atom. The molecule has 1 N–H and O–H groups in total. The molecule has 0 bridgehead atoms. The molecule has 0 spiro atoms. The number of carbonyl (C=O) groups is 1. The number of hydrogen-bond donors (Lipinski definition) is 1. The van der Waals surface area contributed by atoms with Gasteiger partial charge in [0.25, 0.3) is 5.91 Å². The Bertz CT molecular complexity index is 485. The van der Waals surface area contributed by atoms with E-state index >= 15 is 0 Å². The van der Waals surface area contributed by atoms with Crippen LogP contribution in [0.1, 0.15) is 42.6 Å². The second kappa shape index (κ2) is 5.79. The zero-order valence-electron chi connectivity index (χ0n) is 11.6. The maximum absolute atomic E-state index is 12.3. The normalized spacial score (nSPS) is 22.0. The maximum Gasteiger partial charge on any atom is 0.252 e. The highest BCUT2D eigenvalue weighted by Gasteiger charge is 2.30. The summed E-state index contributed by atoms with van der Waals surface area (Å²) in [6.07, 6.45) is 1.75. The number of aryl methyl sites for hydroxylation is 1. The van der Waals surface area contributed by atoms with Crippen molar-refractivity contribution in [1.82, 2.24) is 5.32 Å². The number of nitrogens with one attached hydrogen (secondary N) is 1. The van der Waals surface area contributed by atoms with Gasteiger partial charge in [0.15, 0.2) is 0 Å². The van der Waals surface area contributed by atoms with Crippen molar-refractivity contribution in [3.05, 3.63) is 32.9 Å². The van der Waals surface area contributed by atoms with Crippen molar-refractivity contribution in [2.24, 2.45) is 0 Å². The number of hydrogen-bond acceptors (Lipinski definition) is 2. The summed E-state index contributed by atoms with van der Waals surface area (Å²) in [4.78, 5) is 12.3. The van der Waals surface area contributed by atoms with Gasteiger partial charge in [0, 0.05) is 16.2 Å². The third-order valence-electron chi connectivity index (χ3n) is 3.47. The highest BCUT2D eigenvalue weighted by molar-refractivity contribution is 14.1. The molecule has 1 heterocycles. The van der Waals surface area contributed by atoms with Gasteiger partial charge in [-0.2, -0.15) is 0 Å². The molecular weight excluding hydrogens is 353 g/mol. The van der Waals surface area contributed by atoms with Gasteiger partial charge >= 0.3 is 0 Å². The van der Waals surface area contributed by atoms with E-state index in [4.69, 9.17) is 4.74 Å². The first-order valence-electron chi connectivity index (χ1n) is 6.59. The van der Waals surface area contributed by atoms with Crippen LogP contribution in [0, 0.1) is 10.5 Å². The van der Waals surface area contributed by atoms with Crippen molar-refractivity contribution in [2.75, 3.05) is 6.61 Å². The van der Waals surface area contributed by atoms with E-state index in [9.17, 15) is 4.79 Å². The van der Waals surface area contributed by atoms with Crippen molar-refractivity contribution in [1.29, 1.82) is 0 Å². The molecule has 0 aliphatic carbocycles. The van der Waals surface area contributed by atoms with Crippen molar-refractivity contribution in [3.63, 3.8) is 0 Å². The van der Waals surface area contributed by atoms with Crippen molar-refractivity contribution in [3.8, 4) is 0 Å². The lowest BCUT2D eigenvalue weighted by Crippen LogP contribution is -2.46. The van der Waals surface area contributed by atoms with E-state index in [-0.39, 0.29) is 17.6 Å². The first-order chi connectivity index (χ1) is 8.89. The minimum atomic E-state index is -0.143. The Labute approximate surface area is 128 Å². The predicted molar refractivity (Wildman–Crippen MR) is 84.4 cm³/mol. The molecule has 19 heavy (non-hydrogen) atoms. The minimum Gasteiger partial charge on any atom is -0.375 e. The molecule has 0 aromatic heterocycles. The molecule has 0 saturated carbocycles. The molecule has 1 amide bonds. The van der Waals surface area contributed by atoms with Crippen LogP contribution in [0.4, 0.5) is 0 Å². The number of ether oxygens (including phenoxy) is 1. The van der Waals surface area contributed by atoms with Gasteiger partial charge in [0.2, 0.25) is 0 Å². The molecule has 1 fully saturated rings. The van der Waals surface area contributed by atoms with Gasteiger partial charge in [-0.1, -0.05) is 12.1 Å². The molecule has 0 radical (unpaired) electrons. The summed E-state index contributed by atoms with van der Waals surface area (Å²) in [6.45, 7) is 6.88. The molecule has 1 aliphatic rings. The fourth-order valence-electron chi connectivity index (χ4n) is 2.44. The number of benzene rings is 1. The molecule has 3 nitrogen and oxygen atoms in total. The van der Waals surface area contributed by atoms with Crippen LogP contribution in [-0.4, -0.2) is 24.2 Å². The van der Waals surface area contributed by atoms with E-state index < -0.39 is 0 Å². The lowest BCUT2D eigenvalue weighted by molar-refractivity contribution is -0.0615. The molecule has 1 aromatic carbocycles. The summed E-state index contributed by atoms with van der Waals surface area (Å²) >= 11 is 2.24. The van der Waals surface area contributed by atoms with Crippen LogP contribution in [0.5, 0.6) is 0 Å². The van der Waals surface area contributed by atoms with Crippen LogP contribution in [0.15, 0.2) is 18.2 Å². The van der Waals surface area contributed by atoms with Gasteiger partial charge in [-0.3, -0.25) is 4.79 Å². The van der Waals surface area contributed by atoms with Crippen LogP contribution in [0.2, 0.25) is 0 Å². The fourth-order valence-corrected chi connectivity index (χ4v) is 3.05. The lowest BCUT2D eigenvalue weighted by Gasteiger charge is -2.35. The number of amides is 1. The molecule has 4 heteroatoms. The molecule has 1 unspecified atom stereocenters. The Balaban J connectivity index is 2.07. The smallest absolute Gasteiger partial charge is 0.252 e. The Morgan fingerprint density at radius 2 is 2.21 bits per heavy atom. The molecule has 104 valence electrons. The zero-order chi connectivity index (χ0) is 14.0. The summed E-state index contributed by atoms with van der Waals surface area (Å²) in [5, 5.41) is 3.14. The van der Waals surface area contributed by atoms with Gasteiger partial charge in [-0.05, 0) is 67.8 Å². The maximum atomic E-state index is 12.3. The van der Waals surface area contributed by atoms with Gasteiger partial charge in [0.1, 0.15) is 0 Å². The Hall–Kier alpha value is -0.620. The number of carbonyl (C=O) groups excluding carboxylic acids is 1. The molecule has 1 saturated heterocycles. The van der Waals surface area contributed by atoms with Crippen LogP contribution < -0.4 is 5.32 Å². The molecular formula is C15H20INO2. The van der Waals surface area contributed by atoms with E-state index in [0.29, 0.717) is 6.61 Å². The molecule has 2 rings (SSSR count). The quantitative estimate of drug-likeness (QED) is 0.808. The summed E-state index contributed by atoms with van der Waals surface area (Å²) in [6, 6.07) is 6.04. The van der Waals surface area contributed by atoms with Gasteiger partial charge in [-0.15, -0.1) is 0 Å². The van der Waals surface area contributed by atoms with Gasteiger partial charge in [0.05, 0.1) is 11.2 Å². The predicted octanol–water partition coefficient (Wildman–Crippen LogP) is 3.29. The second-order valence-corrected chi connectivity index (χ2v) is 6.79. The summed E-state index contributed by atoms with van der Waals surface area (Å²) < 4.78 is 6.70. The third-order valence-corrected chi connectivity index (χ3v) is 4.90. The largest absolute Gasteiger partial charge is 0.375 e. The van der Waals surface area contributed by atoms with E-state index in [1.54, 1.807) is 0 Å². The highest BCUT2D eigenvalue weighted by Crippen LogP contribution is 2.24. The first-order valence-corrected chi connectivity index (χ1v) is 7.67. The summed E-state index contributed by atoms with van der Waals surface area (Å²) in [7, 11) is 0. The summed E-state index contributed by atoms with van der Waals surface area (Å²) in [5.41, 5.74) is 1.76.